The number of esters is 1. The van der Waals surface area contributed by atoms with E-state index in [4.69, 9.17) is 4.74 Å². The van der Waals surface area contributed by atoms with Gasteiger partial charge in [0.25, 0.3) is 5.69 Å². The quantitative estimate of drug-likeness (QED) is 0.436. The summed E-state index contributed by atoms with van der Waals surface area (Å²) in [6.45, 7) is 0. The van der Waals surface area contributed by atoms with Gasteiger partial charge in [0.2, 0.25) is 0 Å². The third-order valence-electron chi connectivity index (χ3n) is 1.98. The number of nitro groups is 1. The molecule has 15 heavy (non-hydrogen) atoms. The average Bonchev–Trinajstić information content (AvgIpc) is 2.65. The van der Waals surface area contributed by atoms with Crippen LogP contribution < -0.4 is 0 Å². The number of thioether (sulfide) groups is 1. The molecular weight excluding hydrogens is 218 g/mol. The number of para-hydroxylation sites is 1. The van der Waals surface area contributed by atoms with E-state index in [1.54, 1.807) is 18.2 Å². The van der Waals surface area contributed by atoms with Crippen LogP contribution in [0.2, 0.25) is 0 Å². The lowest BCUT2D eigenvalue weighted by Crippen LogP contribution is -2.01. The molecule has 1 aliphatic rings. The van der Waals surface area contributed by atoms with Crippen molar-refractivity contribution in [2.75, 3.05) is 5.75 Å². The summed E-state index contributed by atoms with van der Waals surface area (Å²) < 4.78 is 4.96. The van der Waals surface area contributed by atoms with Crippen LogP contribution in [0.5, 0.6) is 0 Å². The predicted molar refractivity (Wildman–Crippen MR) is 54.4 cm³/mol. The lowest BCUT2D eigenvalue weighted by molar-refractivity contribution is -0.385. The molecule has 0 aromatic heterocycles. The van der Waals surface area contributed by atoms with Crippen molar-refractivity contribution >= 4 is 23.4 Å². The maximum absolute atomic E-state index is 10.9. The molecule has 1 fully saturated rings. The number of nitrogens with zero attached hydrogens (tertiary/aromatic N) is 1. The van der Waals surface area contributed by atoms with Crippen LogP contribution in [0.3, 0.4) is 0 Å². The predicted octanol–water partition coefficient (Wildman–Crippen LogP) is 1.88. The van der Waals surface area contributed by atoms with Gasteiger partial charge in [0.05, 0.1) is 16.2 Å². The fourth-order valence-corrected chi connectivity index (χ4v) is 2.25. The van der Waals surface area contributed by atoms with E-state index in [0.717, 1.165) is 0 Å². The third-order valence-corrected chi connectivity index (χ3v) is 3.03. The highest BCUT2D eigenvalue weighted by Crippen LogP contribution is 2.39. The Kier molecular flexibility index (Phi) is 2.59. The van der Waals surface area contributed by atoms with Crippen LogP contribution in [0.1, 0.15) is 11.0 Å². The van der Waals surface area contributed by atoms with Gasteiger partial charge in [-0.05, 0) is 6.07 Å². The van der Waals surface area contributed by atoms with E-state index >= 15 is 0 Å². The van der Waals surface area contributed by atoms with Gasteiger partial charge in [-0.2, -0.15) is 0 Å². The van der Waals surface area contributed by atoms with Crippen LogP contribution in [0.15, 0.2) is 24.3 Å². The van der Waals surface area contributed by atoms with E-state index < -0.39 is 10.4 Å². The average molecular weight is 225 g/mol. The van der Waals surface area contributed by atoms with E-state index in [1.807, 2.05) is 0 Å². The van der Waals surface area contributed by atoms with Gasteiger partial charge in [0.1, 0.15) is 0 Å². The highest BCUT2D eigenvalue weighted by molar-refractivity contribution is 8.00. The van der Waals surface area contributed by atoms with Crippen LogP contribution in [0, 0.1) is 10.1 Å². The van der Waals surface area contributed by atoms with Crippen molar-refractivity contribution in [3.63, 3.8) is 0 Å². The van der Waals surface area contributed by atoms with E-state index in [1.165, 1.54) is 17.8 Å². The van der Waals surface area contributed by atoms with E-state index in [-0.39, 0.29) is 17.4 Å². The number of nitro benzene ring substituents is 1. The van der Waals surface area contributed by atoms with Gasteiger partial charge in [0, 0.05) is 6.07 Å². The van der Waals surface area contributed by atoms with Gasteiger partial charge >= 0.3 is 5.97 Å². The standard InChI is InChI=1S/C9H7NO4S/c11-8-5-15-9(14-8)6-3-1-2-4-7(6)10(12)13/h1-4,9H,5H2. The van der Waals surface area contributed by atoms with Crippen LogP contribution >= 0.6 is 11.8 Å². The zero-order valence-corrected chi connectivity index (χ0v) is 8.40. The molecule has 1 aromatic carbocycles. The Morgan fingerprint density at radius 3 is 2.80 bits per heavy atom. The maximum atomic E-state index is 10.9. The molecule has 6 heteroatoms. The topological polar surface area (TPSA) is 69.4 Å². The Labute approximate surface area is 89.6 Å². The van der Waals surface area contributed by atoms with Crippen molar-refractivity contribution in [1.29, 1.82) is 0 Å². The molecular formula is C9H7NO4S. The smallest absolute Gasteiger partial charge is 0.317 e. The fourth-order valence-electron chi connectivity index (χ4n) is 1.34. The van der Waals surface area contributed by atoms with Crippen molar-refractivity contribution in [2.24, 2.45) is 0 Å². The molecule has 1 aromatic rings. The zero-order valence-electron chi connectivity index (χ0n) is 7.58. The largest absolute Gasteiger partial charge is 0.445 e. The number of hydrogen-bond donors (Lipinski definition) is 0. The minimum Gasteiger partial charge on any atom is -0.445 e. The molecule has 0 bridgehead atoms. The van der Waals surface area contributed by atoms with Crippen molar-refractivity contribution in [3.8, 4) is 0 Å². The minimum atomic E-state index is -0.542. The summed E-state index contributed by atoms with van der Waals surface area (Å²) in [4.78, 5) is 21.1. The van der Waals surface area contributed by atoms with Gasteiger partial charge in [-0.3, -0.25) is 14.9 Å². The summed E-state index contributed by atoms with van der Waals surface area (Å²) in [6, 6.07) is 6.29. The van der Waals surface area contributed by atoms with Crippen molar-refractivity contribution < 1.29 is 14.5 Å². The van der Waals surface area contributed by atoms with Crippen LogP contribution in [0.4, 0.5) is 5.69 Å². The van der Waals surface area contributed by atoms with Crippen LogP contribution in [-0.2, 0) is 9.53 Å². The van der Waals surface area contributed by atoms with Crippen LogP contribution in [-0.4, -0.2) is 16.6 Å². The number of ether oxygens (including phenoxy) is 1. The van der Waals surface area contributed by atoms with Gasteiger partial charge < -0.3 is 4.74 Å². The van der Waals surface area contributed by atoms with E-state index in [0.29, 0.717) is 5.56 Å². The Hall–Kier alpha value is -1.56. The Bertz CT molecular complexity index is 420. The van der Waals surface area contributed by atoms with Gasteiger partial charge in [-0.1, -0.05) is 12.1 Å². The highest BCUT2D eigenvalue weighted by Gasteiger charge is 2.30. The molecule has 0 aliphatic carbocycles. The third kappa shape index (κ3) is 1.94. The lowest BCUT2D eigenvalue weighted by atomic mass is 10.2. The maximum Gasteiger partial charge on any atom is 0.317 e. The molecule has 0 saturated carbocycles. The molecule has 0 spiro atoms. The first-order valence-electron chi connectivity index (χ1n) is 4.23. The molecule has 1 aliphatic heterocycles. The summed E-state index contributed by atoms with van der Waals surface area (Å²) >= 11 is 1.26. The summed E-state index contributed by atoms with van der Waals surface area (Å²) in [6.07, 6.45) is 0. The van der Waals surface area contributed by atoms with Crippen LogP contribution in [0.25, 0.3) is 0 Å². The van der Waals surface area contributed by atoms with Crippen molar-refractivity contribution in [2.45, 2.75) is 5.44 Å². The SMILES string of the molecule is O=C1CSC(c2ccccc2[N+](=O)[O-])O1. The highest BCUT2D eigenvalue weighted by atomic mass is 32.2. The summed E-state index contributed by atoms with van der Waals surface area (Å²) in [5.74, 6) is -0.0837. The van der Waals surface area contributed by atoms with E-state index in [2.05, 4.69) is 0 Å². The monoisotopic (exact) mass is 225 g/mol. The normalized spacial score (nSPS) is 20.0. The van der Waals surface area contributed by atoms with Gasteiger partial charge in [0.15, 0.2) is 5.44 Å². The molecule has 1 atom stereocenters. The lowest BCUT2D eigenvalue weighted by Gasteiger charge is -2.08. The summed E-state index contributed by atoms with van der Waals surface area (Å²) in [5.41, 5.74) is -0.109. The molecule has 0 N–H and O–H groups in total. The van der Waals surface area contributed by atoms with E-state index in [9.17, 15) is 14.9 Å². The van der Waals surface area contributed by atoms with Gasteiger partial charge in [-0.25, -0.2) is 0 Å². The van der Waals surface area contributed by atoms with Gasteiger partial charge in [-0.15, -0.1) is 11.8 Å². The number of hydrogen-bond acceptors (Lipinski definition) is 5. The minimum absolute atomic E-state index is 0.00954. The summed E-state index contributed by atoms with van der Waals surface area (Å²) in [5, 5.41) is 10.7. The number of benzene rings is 1. The first-order valence-corrected chi connectivity index (χ1v) is 5.28. The first kappa shape index (κ1) is 9.97. The number of carbonyl (C=O) groups is 1. The summed E-state index contributed by atoms with van der Waals surface area (Å²) in [7, 11) is 0. The zero-order chi connectivity index (χ0) is 10.8. The van der Waals surface area contributed by atoms with Crippen molar-refractivity contribution in [3.05, 3.63) is 39.9 Å². The molecule has 1 heterocycles. The molecule has 2 rings (SSSR count). The second-order valence-corrected chi connectivity index (χ2v) is 4.00. The number of cyclic esters (lactones) is 1. The Morgan fingerprint density at radius 1 is 1.47 bits per heavy atom. The first-order chi connectivity index (χ1) is 7.18. The fraction of sp³-hybridized carbons (Fsp3) is 0.222. The second-order valence-electron chi connectivity index (χ2n) is 2.95. The van der Waals surface area contributed by atoms with Crippen molar-refractivity contribution in [1.82, 2.24) is 0 Å². The Morgan fingerprint density at radius 2 is 2.20 bits per heavy atom. The number of carbonyl (C=O) groups excluding carboxylic acids is 1. The molecule has 0 amide bonds. The molecule has 1 unspecified atom stereocenters. The molecule has 5 nitrogen and oxygen atoms in total. The number of rotatable bonds is 2. The Balaban J connectivity index is 2.35. The second kappa shape index (κ2) is 3.90. The molecule has 0 radical (unpaired) electrons. The molecule has 1 saturated heterocycles. The molecule has 78 valence electrons.